The van der Waals surface area contributed by atoms with Gasteiger partial charge in [0, 0.05) is 18.7 Å². The lowest BCUT2D eigenvalue weighted by molar-refractivity contribution is 0.435. The van der Waals surface area contributed by atoms with Gasteiger partial charge in [-0.1, -0.05) is 0 Å². The number of hydrogen-bond acceptors (Lipinski definition) is 3. The van der Waals surface area contributed by atoms with Crippen LogP contribution in [0.15, 0.2) is 36.7 Å². The Labute approximate surface area is 103 Å². The number of pyridine rings is 1. The maximum Gasteiger partial charge on any atom is 0.166 e. The summed E-state index contributed by atoms with van der Waals surface area (Å²) in [7, 11) is 0. The van der Waals surface area contributed by atoms with E-state index in [4.69, 9.17) is 4.74 Å². The van der Waals surface area contributed by atoms with Gasteiger partial charge in [0.25, 0.3) is 0 Å². The fourth-order valence-electron chi connectivity index (χ4n) is 1.46. The highest BCUT2D eigenvalue weighted by atomic mass is 19.1. The molecule has 94 valence electrons. The first-order chi connectivity index (χ1) is 8.69. The molecular weight excluding hydrogens is 238 g/mol. The van der Waals surface area contributed by atoms with Gasteiger partial charge in [0.05, 0.1) is 18.1 Å². The molecule has 0 aliphatic rings. The number of rotatable bonds is 4. The van der Waals surface area contributed by atoms with E-state index in [1.165, 1.54) is 6.20 Å². The summed E-state index contributed by atoms with van der Waals surface area (Å²) >= 11 is 0. The van der Waals surface area contributed by atoms with E-state index in [0.717, 1.165) is 30.4 Å². The summed E-state index contributed by atoms with van der Waals surface area (Å²) in [6, 6.07) is 4.72. The molecule has 1 aromatic carbocycles. The highest BCUT2D eigenvalue weighted by Crippen LogP contribution is 2.26. The molecule has 0 saturated carbocycles. The van der Waals surface area contributed by atoms with Crippen molar-refractivity contribution in [3.05, 3.63) is 48.3 Å². The molecule has 0 fully saturated rings. The van der Waals surface area contributed by atoms with Gasteiger partial charge in [-0.05, 0) is 19.1 Å². The van der Waals surface area contributed by atoms with Gasteiger partial charge in [-0.25, -0.2) is 8.78 Å². The molecule has 0 radical (unpaired) electrons. The van der Waals surface area contributed by atoms with Crippen LogP contribution in [0.5, 0.6) is 11.5 Å². The van der Waals surface area contributed by atoms with E-state index in [0.29, 0.717) is 5.75 Å². The predicted octanol–water partition coefficient (Wildman–Crippen LogP) is 3.58. The van der Waals surface area contributed by atoms with Gasteiger partial charge >= 0.3 is 0 Å². The zero-order valence-corrected chi connectivity index (χ0v) is 9.78. The van der Waals surface area contributed by atoms with Crippen LogP contribution in [-0.2, 0) is 0 Å². The number of nitrogens with one attached hydrogen (secondary N) is 1. The van der Waals surface area contributed by atoms with Crippen LogP contribution in [0.2, 0.25) is 0 Å². The molecular formula is C13H12F2N2O. The first-order valence-electron chi connectivity index (χ1n) is 5.51. The highest BCUT2D eigenvalue weighted by molar-refractivity contribution is 5.46. The molecule has 2 rings (SSSR count). The van der Waals surface area contributed by atoms with Crippen molar-refractivity contribution in [1.82, 2.24) is 4.98 Å². The van der Waals surface area contributed by atoms with E-state index < -0.39 is 11.6 Å². The summed E-state index contributed by atoms with van der Waals surface area (Å²) in [6.07, 6.45) is 3.06. The summed E-state index contributed by atoms with van der Waals surface area (Å²) in [4.78, 5) is 3.95. The molecule has 5 heteroatoms. The Bertz CT molecular complexity index is 546. The molecule has 0 aliphatic carbocycles. The van der Waals surface area contributed by atoms with Crippen molar-refractivity contribution in [1.29, 1.82) is 0 Å². The summed E-state index contributed by atoms with van der Waals surface area (Å²) < 4.78 is 31.6. The van der Waals surface area contributed by atoms with Crippen molar-refractivity contribution >= 4 is 5.69 Å². The number of hydrogen-bond donors (Lipinski definition) is 1. The summed E-state index contributed by atoms with van der Waals surface area (Å²) in [5.41, 5.74) is 0.756. The van der Waals surface area contributed by atoms with Crippen molar-refractivity contribution < 1.29 is 13.5 Å². The normalized spacial score (nSPS) is 10.2. The van der Waals surface area contributed by atoms with Crippen LogP contribution in [-0.4, -0.2) is 11.5 Å². The van der Waals surface area contributed by atoms with Crippen molar-refractivity contribution in [3.8, 4) is 11.5 Å². The van der Waals surface area contributed by atoms with E-state index in [2.05, 4.69) is 10.3 Å². The molecule has 0 amide bonds. The van der Waals surface area contributed by atoms with E-state index in [-0.39, 0.29) is 5.75 Å². The summed E-state index contributed by atoms with van der Waals surface area (Å²) in [5, 5.41) is 3.05. The third-order valence-corrected chi connectivity index (χ3v) is 2.22. The maximum atomic E-state index is 13.4. The second-order valence-corrected chi connectivity index (χ2v) is 3.62. The Balaban J connectivity index is 2.22. The van der Waals surface area contributed by atoms with Gasteiger partial charge in [-0.2, -0.15) is 0 Å². The Morgan fingerprint density at radius 3 is 2.83 bits per heavy atom. The topological polar surface area (TPSA) is 34.2 Å². The van der Waals surface area contributed by atoms with Crippen LogP contribution in [0.3, 0.4) is 0 Å². The van der Waals surface area contributed by atoms with Crippen LogP contribution < -0.4 is 10.1 Å². The van der Waals surface area contributed by atoms with Crippen molar-refractivity contribution in [2.75, 3.05) is 11.9 Å². The average molecular weight is 250 g/mol. The lowest BCUT2D eigenvalue weighted by Crippen LogP contribution is -1.97. The Hall–Kier alpha value is -2.17. The Morgan fingerprint density at radius 2 is 2.06 bits per heavy atom. The van der Waals surface area contributed by atoms with Crippen LogP contribution in [0.1, 0.15) is 6.92 Å². The Morgan fingerprint density at radius 1 is 1.22 bits per heavy atom. The first kappa shape index (κ1) is 12.3. The molecule has 18 heavy (non-hydrogen) atoms. The third-order valence-electron chi connectivity index (χ3n) is 2.22. The molecule has 0 unspecified atom stereocenters. The van der Waals surface area contributed by atoms with E-state index in [9.17, 15) is 8.78 Å². The van der Waals surface area contributed by atoms with Crippen molar-refractivity contribution in [3.63, 3.8) is 0 Å². The van der Waals surface area contributed by atoms with Gasteiger partial charge in [-0.3, -0.25) is 4.98 Å². The molecule has 1 heterocycles. The van der Waals surface area contributed by atoms with Crippen LogP contribution in [0, 0.1) is 11.6 Å². The van der Waals surface area contributed by atoms with Gasteiger partial charge in [0.1, 0.15) is 11.6 Å². The standard InChI is InChI=1S/C13H12F2N2O/c1-2-17-10-6-11(8-16-7-10)18-13-5-9(14)3-4-12(13)15/h3-8,17H,2H2,1H3. The Kier molecular flexibility index (Phi) is 3.72. The van der Waals surface area contributed by atoms with Gasteiger partial charge < -0.3 is 10.1 Å². The minimum Gasteiger partial charge on any atom is -0.452 e. The molecule has 2 aromatic rings. The lowest BCUT2D eigenvalue weighted by atomic mass is 10.3. The fraction of sp³-hybridized carbons (Fsp3) is 0.154. The first-order valence-corrected chi connectivity index (χ1v) is 5.51. The summed E-state index contributed by atoms with van der Waals surface area (Å²) in [5.74, 6) is -0.990. The fourth-order valence-corrected chi connectivity index (χ4v) is 1.46. The number of halogens is 2. The number of ether oxygens (including phenoxy) is 1. The largest absolute Gasteiger partial charge is 0.452 e. The minimum atomic E-state index is -0.620. The van der Waals surface area contributed by atoms with Crippen LogP contribution in [0.4, 0.5) is 14.5 Å². The lowest BCUT2D eigenvalue weighted by Gasteiger charge is -2.08. The molecule has 0 spiro atoms. The summed E-state index contributed by atoms with van der Waals surface area (Å²) in [6.45, 7) is 2.68. The number of anilines is 1. The third kappa shape index (κ3) is 2.94. The van der Waals surface area contributed by atoms with Crippen molar-refractivity contribution in [2.45, 2.75) is 6.92 Å². The molecule has 1 aromatic heterocycles. The van der Waals surface area contributed by atoms with E-state index >= 15 is 0 Å². The quantitative estimate of drug-likeness (QED) is 0.900. The van der Waals surface area contributed by atoms with Crippen LogP contribution >= 0.6 is 0 Å². The number of benzene rings is 1. The van der Waals surface area contributed by atoms with E-state index in [1.54, 1.807) is 12.3 Å². The smallest absolute Gasteiger partial charge is 0.166 e. The molecule has 0 bridgehead atoms. The predicted molar refractivity (Wildman–Crippen MR) is 64.8 cm³/mol. The van der Waals surface area contributed by atoms with Gasteiger partial charge in [-0.15, -0.1) is 0 Å². The molecule has 0 atom stereocenters. The molecule has 0 aliphatic heterocycles. The monoisotopic (exact) mass is 250 g/mol. The second-order valence-electron chi connectivity index (χ2n) is 3.62. The highest BCUT2D eigenvalue weighted by Gasteiger charge is 2.07. The zero-order chi connectivity index (χ0) is 13.0. The van der Waals surface area contributed by atoms with Crippen LogP contribution in [0.25, 0.3) is 0 Å². The molecule has 1 N–H and O–H groups in total. The SMILES string of the molecule is CCNc1cncc(Oc2cc(F)ccc2F)c1. The minimum absolute atomic E-state index is 0.162. The van der Waals surface area contributed by atoms with Crippen molar-refractivity contribution in [2.24, 2.45) is 0 Å². The zero-order valence-electron chi connectivity index (χ0n) is 9.78. The number of aromatic nitrogens is 1. The maximum absolute atomic E-state index is 13.4. The van der Waals surface area contributed by atoms with Gasteiger partial charge in [0.2, 0.25) is 0 Å². The average Bonchev–Trinajstić information content (AvgIpc) is 2.35. The van der Waals surface area contributed by atoms with E-state index in [1.807, 2.05) is 6.92 Å². The molecule has 0 saturated heterocycles. The second kappa shape index (κ2) is 5.44. The number of nitrogens with zero attached hydrogens (tertiary/aromatic N) is 1. The molecule has 3 nitrogen and oxygen atoms in total. The van der Waals surface area contributed by atoms with Gasteiger partial charge in [0.15, 0.2) is 11.6 Å².